The fourth-order valence-corrected chi connectivity index (χ4v) is 4.49. The summed E-state index contributed by atoms with van der Waals surface area (Å²) in [6, 6.07) is 8.66. The number of hydrogen-bond acceptors (Lipinski definition) is 3. The van der Waals surface area contributed by atoms with Gasteiger partial charge in [-0.1, -0.05) is 24.3 Å². The maximum atomic E-state index is 11.3. The summed E-state index contributed by atoms with van der Waals surface area (Å²) in [6.45, 7) is 6.23. The van der Waals surface area contributed by atoms with Gasteiger partial charge in [0, 0.05) is 39.2 Å². The number of carbonyl (C=O) groups excluding carboxylic acids is 1. The summed E-state index contributed by atoms with van der Waals surface area (Å²) in [5.41, 5.74) is 8.19. The average Bonchev–Trinajstić information content (AvgIpc) is 2.72. The van der Waals surface area contributed by atoms with E-state index in [1.54, 1.807) is 0 Å². The van der Waals surface area contributed by atoms with E-state index in [1.165, 1.54) is 24.0 Å². The van der Waals surface area contributed by atoms with Gasteiger partial charge in [0.15, 0.2) is 5.96 Å². The molecule has 2 unspecified atom stereocenters. The molecule has 160 valence electrons. The number of carbonyl (C=O) groups is 1. The van der Waals surface area contributed by atoms with Crippen molar-refractivity contribution in [1.82, 2.24) is 10.2 Å². The van der Waals surface area contributed by atoms with Crippen LogP contribution in [0.15, 0.2) is 29.3 Å². The largest absolute Gasteiger partial charge is 0.373 e. The molecule has 3 rings (SSSR count). The normalized spacial score (nSPS) is 22.2. The number of nitrogens with one attached hydrogen (secondary N) is 1. The fourth-order valence-electron chi connectivity index (χ4n) is 4.49. The predicted molar refractivity (Wildman–Crippen MR) is 117 cm³/mol. The number of primary amides is 1. The molecule has 1 aromatic rings. The van der Waals surface area contributed by atoms with Gasteiger partial charge in [0.25, 0.3) is 0 Å². The summed E-state index contributed by atoms with van der Waals surface area (Å²) in [6.07, 6.45) is 7.22. The Morgan fingerprint density at radius 2 is 2.17 bits per heavy atom. The van der Waals surface area contributed by atoms with Gasteiger partial charge in [0.1, 0.15) is 0 Å². The zero-order valence-electron chi connectivity index (χ0n) is 17.7. The molecule has 0 radical (unpaired) electrons. The predicted octanol–water partition coefficient (Wildman–Crippen LogP) is 3.02. The van der Waals surface area contributed by atoms with E-state index < -0.39 is 0 Å². The monoisotopic (exact) mass is 400 g/mol. The molecular weight excluding hydrogens is 364 g/mol. The molecule has 1 heterocycles. The molecule has 0 aromatic heterocycles. The highest BCUT2D eigenvalue weighted by Gasteiger charge is 2.23. The molecule has 6 heteroatoms. The highest BCUT2D eigenvalue weighted by molar-refractivity contribution is 5.80. The Morgan fingerprint density at radius 1 is 1.31 bits per heavy atom. The van der Waals surface area contributed by atoms with Crippen molar-refractivity contribution in [3.05, 3.63) is 35.4 Å². The van der Waals surface area contributed by atoms with Gasteiger partial charge in [-0.05, 0) is 62.5 Å². The minimum absolute atomic E-state index is 0.208. The molecule has 0 saturated carbocycles. The van der Waals surface area contributed by atoms with Crippen LogP contribution in [-0.4, -0.2) is 49.6 Å². The van der Waals surface area contributed by atoms with Crippen LogP contribution in [0.3, 0.4) is 0 Å². The molecule has 1 fully saturated rings. The number of piperidine rings is 1. The van der Waals surface area contributed by atoms with E-state index in [1.807, 2.05) is 0 Å². The molecule has 1 aliphatic heterocycles. The number of aryl methyl sites for hydroxylation is 1. The lowest BCUT2D eigenvalue weighted by atomic mass is 9.89. The third-order valence-corrected chi connectivity index (χ3v) is 5.84. The van der Waals surface area contributed by atoms with Crippen LogP contribution < -0.4 is 11.1 Å². The van der Waals surface area contributed by atoms with Gasteiger partial charge in [-0.3, -0.25) is 9.79 Å². The lowest BCUT2D eigenvalue weighted by Gasteiger charge is -2.34. The Labute approximate surface area is 174 Å². The summed E-state index contributed by atoms with van der Waals surface area (Å²) in [5.74, 6) is 1.07. The molecule has 1 amide bonds. The van der Waals surface area contributed by atoms with Crippen LogP contribution in [0, 0.1) is 5.92 Å². The Morgan fingerprint density at radius 3 is 3.00 bits per heavy atom. The van der Waals surface area contributed by atoms with Crippen LogP contribution in [0.1, 0.15) is 62.7 Å². The van der Waals surface area contributed by atoms with Crippen molar-refractivity contribution in [1.29, 1.82) is 0 Å². The van der Waals surface area contributed by atoms with Gasteiger partial charge in [0.2, 0.25) is 5.91 Å². The van der Waals surface area contributed by atoms with Crippen molar-refractivity contribution in [2.75, 3.05) is 32.8 Å². The lowest BCUT2D eigenvalue weighted by Crippen LogP contribution is -2.47. The first kappa shape index (κ1) is 21.6. The van der Waals surface area contributed by atoms with E-state index in [-0.39, 0.29) is 12.0 Å². The summed E-state index contributed by atoms with van der Waals surface area (Å²) >= 11 is 0. The summed E-state index contributed by atoms with van der Waals surface area (Å²) in [5, 5.41) is 3.40. The first-order valence-electron chi connectivity index (χ1n) is 11.2. The van der Waals surface area contributed by atoms with Crippen molar-refractivity contribution in [2.45, 2.75) is 58.0 Å². The van der Waals surface area contributed by atoms with Gasteiger partial charge >= 0.3 is 0 Å². The number of nitrogens with two attached hydrogens (primary N) is 1. The number of aliphatic imine (C=N–C) groups is 1. The van der Waals surface area contributed by atoms with E-state index >= 15 is 0 Å². The van der Waals surface area contributed by atoms with Crippen molar-refractivity contribution >= 4 is 11.9 Å². The molecule has 1 aliphatic carbocycles. The number of ether oxygens (including phenoxy) is 1. The second-order valence-corrected chi connectivity index (χ2v) is 8.16. The number of guanidine groups is 1. The maximum absolute atomic E-state index is 11.3. The SMILES string of the molecule is CCNC(=NCCCOC1CCCc2ccccc21)N1CCCC(CC(N)=O)C1. The van der Waals surface area contributed by atoms with Crippen molar-refractivity contribution in [3.8, 4) is 0 Å². The van der Waals surface area contributed by atoms with E-state index in [0.29, 0.717) is 12.3 Å². The number of nitrogens with zero attached hydrogens (tertiary/aromatic N) is 2. The minimum Gasteiger partial charge on any atom is -0.373 e. The highest BCUT2D eigenvalue weighted by Crippen LogP contribution is 2.32. The number of fused-ring (bicyclic) bond motifs is 1. The van der Waals surface area contributed by atoms with Crippen LogP contribution in [0.5, 0.6) is 0 Å². The summed E-state index contributed by atoms with van der Waals surface area (Å²) in [7, 11) is 0. The molecule has 6 nitrogen and oxygen atoms in total. The average molecular weight is 401 g/mol. The van der Waals surface area contributed by atoms with Crippen LogP contribution in [0.25, 0.3) is 0 Å². The van der Waals surface area contributed by atoms with Gasteiger partial charge in [0.05, 0.1) is 6.10 Å². The van der Waals surface area contributed by atoms with Crippen molar-refractivity contribution < 1.29 is 9.53 Å². The van der Waals surface area contributed by atoms with Crippen molar-refractivity contribution in [3.63, 3.8) is 0 Å². The molecule has 2 atom stereocenters. The van der Waals surface area contributed by atoms with Gasteiger partial charge < -0.3 is 20.7 Å². The van der Waals surface area contributed by atoms with Crippen LogP contribution in [-0.2, 0) is 16.0 Å². The topological polar surface area (TPSA) is 80.0 Å². The van der Waals surface area contributed by atoms with E-state index in [4.69, 9.17) is 15.5 Å². The highest BCUT2D eigenvalue weighted by atomic mass is 16.5. The smallest absolute Gasteiger partial charge is 0.217 e. The number of amides is 1. The van der Waals surface area contributed by atoms with Crippen molar-refractivity contribution in [2.24, 2.45) is 16.6 Å². The Bertz CT molecular complexity index is 691. The molecule has 0 spiro atoms. The number of likely N-dealkylation sites (tertiary alicyclic amines) is 1. The summed E-state index contributed by atoms with van der Waals surface area (Å²) < 4.78 is 6.20. The van der Waals surface area contributed by atoms with Crippen LogP contribution >= 0.6 is 0 Å². The first-order valence-corrected chi connectivity index (χ1v) is 11.2. The Kier molecular flexibility index (Phi) is 8.35. The third-order valence-electron chi connectivity index (χ3n) is 5.84. The van der Waals surface area contributed by atoms with E-state index in [2.05, 4.69) is 41.4 Å². The third kappa shape index (κ3) is 6.46. The molecule has 3 N–H and O–H groups in total. The van der Waals surface area contributed by atoms with E-state index in [9.17, 15) is 4.79 Å². The zero-order chi connectivity index (χ0) is 20.5. The zero-order valence-corrected chi connectivity index (χ0v) is 17.7. The number of rotatable bonds is 8. The van der Waals surface area contributed by atoms with Crippen LogP contribution in [0.2, 0.25) is 0 Å². The molecule has 1 saturated heterocycles. The van der Waals surface area contributed by atoms with Gasteiger partial charge in [-0.15, -0.1) is 0 Å². The van der Waals surface area contributed by atoms with E-state index in [0.717, 1.165) is 64.4 Å². The quantitative estimate of drug-likeness (QED) is 0.399. The molecule has 29 heavy (non-hydrogen) atoms. The first-order chi connectivity index (χ1) is 14.2. The maximum Gasteiger partial charge on any atom is 0.217 e. The second-order valence-electron chi connectivity index (χ2n) is 8.16. The molecular formula is C23H36N4O2. The fraction of sp³-hybridized carbons (Fsp3) is 0.652. The summed E-state index contributed by atoms with van der Waals surface area (Å²) in [4.78, 5) is 18.4. The van der Waals surface area contributed by atoms with Gasteiger partial charge in [-0.25, -0.2) is 0 Å². The standard InChI is InChI=1S/C23H36N4O2/c1-2-25-23(27-14-6-8-18(17-27)16-22(24)28)26-13-7-15-29-21-12-5-10-19-9-3-4-11-20(19)21/h3-4,9,11,18,21H,2,5-8,10,12-17H2,1H3,(H2,24,28)(H,25,26). The second kappa shape index (κ2) is 11.2. The Balaban J connectivity index is 1.47. The molecule has 1 aromatic carbocycles. The lowest BCUT2D eigenvalue weighted by molar-refractivity contribution is -0.119. The number of hydrogen-bond donors (Lipinski definition) is 2. The minimum atomic E-state index is -0.208. The van der Waals surface area contributed by atoms with Crippen LogP contribution in [0.4, 0.5) is 0 Å². The molecule has 0 bridgehead atoms. The Hall–Kier alpha value is -2.08. The van der Waals surface area contributed by atoms with Gasteiger partial charge in [-0.2, -0.15) is 0 Å². The number of benzene rings is 1. The molecule has 2 aliphatic rings.